The lowest BCUT2D eigenvalue weighted by Gasteiger charge is -2.22. The number of carboxylic acids is 1. The SMILES string of the molecule is CSCCC(NC(=O)C(N)Cc1c[nH]c2ccccc12)C(=O)NC(C)C(=O)NCC(=O)O. The summed E-state index contributed by atoms with van der Waals surface area (Å²) in [5, 5.41) is 17.0. The molecule has 10 nitrogen and oxygen atoms in total. The van der Waals surface area contributed by atoms with Crippen LogP contribution in [0.5, 0.6) is 0 Å². The van der Waals surface area contributed by atoms with Gasteiger partial charge >= 0.3 is 5.97 Å². The zero-order valence-electron chi connectivity index (χ0n) is 18.0. The van der Waals surface area contributed by atoms with E-state index in [4.69, 9.17) is 10.8 Å². The van der Waals surface area contributed by atoms with Crippen LogP contribution in [-0.4, -0.2) is 70.5 Å². The summed E-state index contributed by atoms with van der Waals surface area (Å²) in [7, 11) is 0. The molecule has 11 heteroatoms. The van der Waals surface area contributed by atoms with Gasteiger partial charge < -0.3 is 31.8 Å². The molecule has 3 atom stereocenters. The molecule has 174 valence electrons. The molecule has 0 fully saturated rings. The molecular weight excluding hydrogens is 434 g/mol. The van der Waals surface area contributed by atoms with Gasteiger partial charge in [0, 0.05) is 17.1 Å². The lowest BCUT2D eigenvalue weighted by Crippen LogP contribution is -2.55. The molecule has 0 saturated carbocycles. The van der Waals surface area contributed by atoms with E-state index in [0.717, 1.165) is 16.5 Å². The Labute approximate surface area is 190 Å². The number of carbonyl (C=O) groups excluding carboxylic acids is 3. The minimum absolute atomic E-state index is 0.292. The van der Waals surface area contributed by atoms with Gasteiger partial charge in [0.2, 0.25) is 17.7 Å². The van der Waals surface area contributed by atoms with E-state index in [1.807, 2.05) is 36.7 Å². The highest BCUT2D eigenvalue weighted by Crippen LogP contribution is 2.18. The van der Waals surface area contributed by atoms with E-state index in [9.17, 15) is 19.2 Å². The van der Waals surface area contributed by atoms with Crippen LogP contribution in [0.4, 0.5) is 0 Å². The number of fused-ring (bicyclic) bond motifs is 1. The third-order valence-electron chi connectivity index (χ3n) is 4.86. The van der Waals surface area contributed by atoms with Gasteiger partial charge in [0.15, 0.2) is 0 Å². The van der Waals surface area contributed by atoms with E-state index in [0.29, 0.717) is 18.6 Å². The summed E-state index contributed by atoms with van der Waals surface area (Å²) < 4.78 is 0. The second kappa shape index (κ2) is 12.1. The smallest absolute Gasteiger partial charge is 0.322 e. The molecule has 0 radical (unpaired) electrons. The molecule has 0 saturated heterocycles. The lowest BCUT2D eigenvalue weighted by molar-refractivity contribution is -0.138. The summed E-state index contributed by atoms with van der Waals surface area (Å²) in [6.07, 6.45) is 4.33. The van der Waals surface area contributed by atoms with E-state index in [1.54, 1.807) is 0 Å². The maximum absolute atomic E-state index is 12.7. The molecule has 7 N–H and O–H groups in total. The van der Waals surface area contributed by atoms with Crippen LogP contribution in [0.3, 0.4) is 0 Å². The molecule has 32 heavy (non-hydrogen) atoms. The Morgan fingerprint density at radius 1 is 1.12 bits per heavy atom. The van der Waals surface area contributed by atoms with Crippen LogP contribution in [0.25, 0.3) is 10.9 Å². The van der Waals surface area contributed by atoms with E-state index >= 15 is 0 Å². The Morgan fingerprint density at radius 3 is 2.53 bits per heavy atom. The third kappa shape index (κ3) is 7.27. The fourth-order valence-electron chi connectivity index (χ4n) is 3.11. The van der Waals surface area contributed by atoms with Gasteiger partial charge in [-0.2, -0.15) is 11.8 Å². The summed E-state index contributed by atoms with van der Waals surface area (Å²) in [4.78, 5) is 51.0. The fraction of sp³-hybridized carbons (Fsp3) is 0.429. The Balaban J connectivity index is 1.98. The largest absolute Gasteiger partial charge is 0.480 e. The van der Waals surface area contributed by atoms with Crippen molar-refractivity contribution in [2.75, 3.05) is 18.6 Å². The number of carboxylic acid groups (broad SMARTS) is 1. The van der Waals surface area contributed by atoms with Gasteiger partial charge in [-0.15, -0.1) is 0 Å². The Morgan fingerprint density at radius 2 is 1.84 bits per heavy atom. The molecule has 1 aromatic carbocycles. The number of para-hydroxylation sites is 1. The van der Waals surface area contributed by atoms with Gasteiger partial charge in [-0.1, -0.05) is 18.2 Å². The van der Waals surface area contributed by atoms with Crippen molar-refractivity contribution < 1.29 is 24.3 Å². The molecule has 1 aromatic heterocycles. The highest BCUT2D eigenvalue weighted by Gasteiger charge is 2.26. The number of carbonyl (C=O) groups is 4. The van der Waals surface area contributed by atoms with Crippen LogP contribution in [0, 0.1) is 0 Å². The van der Waals surface area contributed by atoms with Crippen molar-refractivity contribution in [3.63, 3.8) is 0 Å². The van der Waals surface area contributed by atoms with Crippen molar-refractivity contribution in [1.29, 1.82) is 0 Å². The average molecular weight is 464 g/mol. The Kier molecular flexibility index (Phi) is 9.54. The quantitative estimate of drug-likeness (QED) is 0.257. The van der Waals surface area contributed by atoms with Crippen LogP contribution in [0.1, 0.15) is 18.9 Å². The van der Waals surface area contributed by atoms with Gasteiger partial charge in [-0.3, -0.25) is 19.2 Å². The monoisotopic (exact) mass is 463 g/mol. The summed E-state index contributed by atoms with van der Waals surface area (Å²) >= 11 is 1.51. The highest BCUT2D eigenvalue weighted by atomic mass is 32.2. The van der Waals surface area contributed by atoms with E-state index in [2.05, 4.69) is 20.9 Å². The van der Waals surface area contributed by atoms with Crippen LogP contribution in [0.2, 0.25) is 0 Å². The first kappa shape index (κ1) is 25.2. The van der Waals surface area contributed by atoms with E-state index in [-0.39, 0.29) is 0 Å². The fourth-order valence-corrected chi connectivity index (χ4v) is 3.58. The summed E-state index contributed by atoms with van der Waals surface area (Å²) in [6, 6.07) is 4.98. The van der Waals surface area contributed by atoms with Crippen LogP contribution in [0.15, 0.2) is 30.5 Å². The number of nitrogens with two attached hydrogens (primary N) is 1. The average Bonchev–Trinajstić information content (AvgIpc) is 3.17. The first-order chi connectivity index (χ1) is 15.2. The first-order valence-electron chi connectivity index (χ1n) is 10.1. The number of amides is 3. The molecule has 3 unspecified atom stereocenters. The maximum atomic E-state index is 12.7. The van der Waals surface area contributed by atoms with E-state index < -0.39 is 48.4 Å². The van der Waals surface area contributed by atoms with E-state index in [1.165, 1.54) is 18.7 Å². The molecule has 2 aromatic rings. The number of hydrogen-bond donors (Lipinski definition) is 6. The molecule has 0 spiro atoms. The zero-order valence-corrected chi connectivity index (χ0v) is 18.8. The van der Waals surface area contributed by atoms with Gasteiger partial charge in [-0.25, -0.2) is 0 Å². The van der Waals surface area contributed by atoms with Crippen molar-refractivity contribution in [3.8, 4) is 0 Å². The number of thioether (sulfide) groups is 1. The molecular formula is C21H29N5O5S. The summed E-state index contributed by atoms with van der Waals surface area (Å²) in [6.45, 7) is 0.889. The number of aromatic amines is 1. The van der Waals surface area contributed by atoms with Crippen molar-refractivity contribution in [2.45, 2.75) is 37.9 Å². The van der Waals surface area contributed by atoms with Gasteiger partial charge in [0.1, 0.15) is 18.6 Å². The summed E-state index contributed by atoms with van der Waals surface area (Å²) in [5.74, 6) is -2.22. The number of nitrogens with one attached hydrogen (secondary N) is 4. The zero-order chi connectivity index (χ0) is 23.7. The first-order valence-corrected chi connectivity index (χ1v) is 11.5. The highest BCUT2D eigenvalue weighted by molar-refractivity contribution is 7.98. The molecule has 0 aliphatic heterocycles. The number of hydrogen-bond acceptors (Lipinski definition) is 6. The molecule has 2 rings (SSSR count). The molecule has 0 aliphatic rings. The van der Waals surface area contributed by atoms with Crippen molar-refractivity contribution in [3.05, 3.63) is 36.0 Å². The number of rotatable bonds is 12. The van der Waals surface area contributed by atoms with Gasteiger partial charge in [0.05, 0.1) is 6.04 Å². The number of aliphatic carboxylic acids is 1. The Hall–Kier alpha value is -3.05. The maximum Gasteiger partial charge on any atom is 0.322 e. The third-order valence-corrected chi connectivity index (χ3v) is 5.50. The molecule has 0 aliphatic carbocycles. The summed E-state index contributed by atoms with van der Waals surface area (Å²) in [5.41, 5.74) is 7.96. The predicted molar refractivity (Wildman–Crippen MR) is 123 cm³/mol. The van der Waals surface area contributed by atoms with Gasteiger partial charge in [-0.05, 0) is 43.4 Å². The molecule has 0 bridgehead atoms. The number of H-pyrrole nitrogens is 1. The van der Waals surface area contributed by atoms with Gasteiger partial charge in [0.25, 0.3) is 0 Å². The predicted octanol–water partition coefficient (Wildman–Crippen LogP) is -0.0189. The molecule has 1 heterocycles. The topological polar surface area (TPSA) is 166 Å². The van der Waals surface area contributed by atoms with Crippen LogP contribution < -0.4 is 21.7 Å². The number of aromatic nitrogens is 1. The second-order valence-electron chi connectivity index (χ2n) is 7.35. The van der Waals surface area contributed by atoms with Crippen molar-refractivity contribution in [1.82, 2.24) is 20.9 Å². The standard InChI is InChI=1S/C21H29N5O5S/c1-12(19(29)24-11-18(27)28)25-21(31)17(7-8-32-2)26-20(30)15(22)9-13-10-23-16-6-4-3-5-14(13)16/h3-6,10,12,15,17,23H,7-9,11,22H2,1-2H3,(H,24,29)(H,25,31)(H,26,30)(H,27,28). The lowest BCUT2D eigenvalue weighted by atomic mass is 10.0. The van der Waals surface area contributed by atoms with Crippen molar-refractivity contribution >= 4 is 46.4 Å². The Bertz CT molecular complexity index is 963. The number of benzene rings is 1. The van der Waals surface area contributed by atoms with Crippen LogP contribution >= 0.6 is 11.8 Å². The van der Waals surface area contributed by atoms with Crippen LogP contribution in [-0.2, 0) is 25.6 Å². The van der Waals surface area contributed by atoms with Crippen molar-refractivity contribution in [2.24, 2.45) is 5.73 Å². The normalized spacial score (nSPS) is 13.7. The minimum atomic E-state index is -1.19. The second-order valence-corrected chi connectivity index (χ2v) is 8.34. The minimum Gasteiger partial charge on any atom is -0.480 e. The molecule has 3 amide bonds.